The van der Waals surface area contributed by atoms with Crippen molar-refractivity contribution in [2.75, 3.05) is 44.7 Å². The second-order valence-electron chi connectivity index (χ2n) is 4.75. The average molecular weight is 279 g/mol. The minimum Gasteiger partial charge on any atom is -0.497 e. The van der Waals surface area contributed by atoms with Crippen LogP contribution in [0, 0.1) is 0 Å². The molecule has 2 N–H and O–H groups in total. The van der Waals surface area contributed by atoms with Crippen LogP contribution in [0.2, 0.25) is 0 Å². The van der Waals surface area contributed by atoms with E-state index in [1.165, 1.54) is 5.69 Å². The van der Waals surface area contributed by atoms with Gasteiger partial charge in [0.15, 0.2) is 0 Å². The topological polar surface area (TPSA) is 41.7 Å². The second kappa shape index (κ2) is 6.73. The number of hydrogen-bond acceptors (Lipinski definition) is 4. The Kier molecular flexibility index (Phi) is 4.99. The lowest BCUT2D eigenvalue weighted by Crippen LogP contribution is -2.47. The number of piperazine rings is 1. The Bertz CT molecular complexity index is 430. The summed E-state index contributed by atoms with van der Waals surface area (Å²) in [5.41, 5.74) is 6.77. The fraction of sp³-hybridized carbons (Fsp3) is 0.500. The lowest BCUT2D eigenvalue weighted by Gasteiger charge is -2.36. The van der Waals surface area contributed by atoms with E-state index in [1.807, 2.05) is 12.1 Å². The quantitative estimate of drug-likeness (QED) is 0.827. The molecule has 4 nitrogen and oxygen atoms in total. The molecule has 0 aliphatic carbocycles. The van der Waals surface area contributed by atoms with Crippen molar-refractivity contribution >= 4 is 22.9 Å². The Morgan fingerprint density at radius 3 is 2.68 bits per heavy atom. The van der Waals surface area contributed by atoms with E-state index in [-0.39, 0.29) is 0 Å². The van der Waals surface area contributed by atoms with Crippen molar-refractivity contribution in [3.05, 3.63) is 24.3 Å². The van der Waals surface area contributed by atoms with Crippen LogP contribution in [0.1, 0.15) is 6.42 Å². The molecule has 0 atom stereocenters. The molecular weight excluding hydrogens is 258 g/mol. The van der Waals surface area contributed by atoms with Crippen molar-refractivity contribution in [1.29, 1.82) is 0 Å². The van der Waals surface area contributed by atoms with E-state index in [0.717, 1.165) is 44.9 Å². The summed E-state index contributed by atoms with van der Waals surface area (Å²) in [6.45, 7) is 5.15. The van der Waals surface area contributed by atoms with Crippen LogP contribution in [-0.2, 0) is 0 Å². The number of nitrogens with two attached hydrogens (primary N) is 1. The molecule has 0 spiro atoms. The first-order valence-electron chi connectivity index (χ1n) is 6.58. The summed E-state index contributed by atoms with van der Waals surface area (Å²) < 4.78 is 5.27. The van der Waals surface area contributed by atoms with Gasteiger partial charge >= 0.3 is 0 Å². The lowest BCUT2D eigenvalue weighted by molar-refractivity contribution is 0.265. The minimum atomic E-state index is 0.607. The van der Waals surface area contributed by atoms with Gasteiger partial charge in [0.05, 0.1) is 12.1 Å². The molecule has 0 unspecified atom stereocenters. The zero-order valence-corrected chi connectivity index (χ0v) is 12.2. The first-order valence-corrected chi connectivity index (χ1v) is 6.99. The molecule has 0 saturated carbocycles. The van der Waals surface area contributed by atoms with Crippen molar-refractivity contribution < 1.29 is 4.74 Å². The highest BCUT2D eigenvalue weighted by molar-refractivity contribution is 7.80. The summed E-state index contributed by atoms with van der Waals surface area (Å²) in [6.07, 6.45) is 0.814. The van der Waals surface area contributed by atoms with Gasteiger partial charge in [0.2, 0.25) is 0 Å². The molecule has 0 radical (unpaired) electrons. The largest absolute Gasteiger partial charge is 0.497 e. The van der Waals surface area contributed by atoms with E-state index in [1.54, 1.807) is 7.11 Å². The molecule has 1 fully saturated rings. The van der Waals surface area contributed by atoms with Gasteiger partial charge in [-0.05, 0) is 12.1 Å². The van der Waals surface area contributed by atoms with Gasteiger partial charge < -0.3 is 15.4 Å². The van der Waals surface area contributed by atoms with Crippen LogP contribution in [0.15, 0.2) is 24.3 Å². The van der Waals surface area contributed by atoms with Gasteiger partial charge in [0.1, 0.15) is 5.75 Å². The molecule has 0 amide bonds. The molecule has 1 aliphatic heterocycles. The first-order chi connectivity index (χ1) is 9.19. The van der Waals surface area contributed by atoms with E-state index < -0.39 is 0 Å². The van der Waals surface area contributed by atoms with Crippen molar-refractivity contribution in [3.8, 4) is 5.75 Å². The van der Waals surface area contributed by atoms with Crippen LogP contribution in [0.4, 0.5) is 5.69 Å². The van der Waals surface area contributed by atoms with E-state index >= 15 is 0 Å². The van der Waals surface area contributed by atoms with Crippen LogP contribution < -0.4 is 15.4 Å². The van der Waals surface area contributed by atoms with Gasteiger partial charge in [0, 0.05) is 50.9 Å². The average Bonchev–Trinajstić information content (AvgIpc) is 2.45. The highest BCUT2D eigenvalue weighted by atomic mass is 32.1. The highest BCUT2D eigenvalue weighted by Gasteiger charge is 2.17. The molecule has 1 aliphatic rings. The van der Waals surface area contributed by atoms with Gasteiger partial charge in [-0.25, -0.2) is 0 Å². The monoisotopic (exact) mass is 279 g/mol. The van der Waals surface area contributed by atoms with Gasteiger partial charge in [-0.15, -0.1) is 0 Å². The maximum atomic E-state index is 5.54. The standard InChI is InChI=1S/C14H21N3OS/c1-18-13-4-2-3-12(11-13)17-9-7-16(8-10-17)6-5-14(15)19/h2-4,11H,5-10H2,1H3,(H2,15,19). The number of methoxy groups -OCH3 is 1. The van der Waals surface area contributed by atoms with Crippen LogP contribution in [0.3, 0.4) is 0 Å². The molecule has 1 saturated heterocycles. The van der Waals surface area contributed by atoms with Crippen molar-refractivity contribution in [3.63, 3.8) is 0 Å². The number of hydrogen-bond donors (Lipinski definition) is 1. The third kappa shape index (κ3) is 4.08. The number of thiocarbonyl (C=S) groups is 1. The lowest BCUT2D eigenvalue weighted by atomic mass is 10.2. The Morgan fingerprint density at radius 2 is 2.05 bits per heavy atom. The fourth-order valence-electron chi connectivity index (χ4n) is 2.31. The summed E-state index contributed by atoms with van der Waals surface area (Å²) in [4.78, 5) is 5.41. The molecule has 5 heteroatoms. The number of rotatable bonds is 5. The SMILES string of the molecule is COc1cccc(N2CCN(CCC(N)=S)CC2)c1. The van der Waals surface area contributed by atoms with Crippen LogP contribution >= 0.6 is 12.2 Å². The van der Waals surface area contributed by atoms with Crippen molar-refractivity contribution in [2.24, 2.45) is 5.73 Å². The smallest absolute Gasteiger partial charge is 0.120 e. The van der Waals surface area contributed by atoms with Crippen LogP contribution in [0.5, 0.6) is 5.75 Å². The van der Waals surface area contributed by atoms with E-state index in [4.69, 9.17) is 22.7 Å². The number of anilines is 1. The third-order valence-corrected chi connectivity index (χ3v) is 3.67. The van der Waals surface area contributed by atoms with Crippen molar-refractivity contribution in [2.45, 2.75) is 6.42 Å². The maximum Gasteiger partial charge on any atom is 0.120 e. The highest BCUT2D eigenvalue weighted by Crippen LogP contribution is 2.22. The summed E-state index contributed by atoms with van der Waals surface area (Å²) in [6, 6.07) is 8.23. The molecule has 0 aromatic heterocycles. The zero-order valence-electron chi connectivity index (χ0n) is 11.3. The predicted octanol–water partition coefficient (Wildman–Crippen LogP) is 1.49. The third-order valence-electron chi connectivity index (χ3n) is 3.47. The van der Waals surface area contributed by atoms with Gasteiger partial charge in [-0.1, -0.05) is 18.3 Å². The van der Waals surface area contributed by atoms with Gasteiger partial charge in [-0.2, -0.15) is 0 Å². The second-order valence-corrected chi connectivity index (χ2v) is 5.27. The molecule has 2 rings (SSSR count). The molecule has 1 aromatic rings. The van der Waals surface area contributed by atoms with E-state index in [2.05, 4.69) is 21.9 Å². The van der Waals surface area contributed by atoms with Crippen LogP contribution in [0.25, 0.3) is 0 Å². The first kappa shape index (κ1) is 14.1. The van der Waals surface area contributed by atoms with Gasteiger partial charge in [0.25, 0.3) is 0 Å². The Balaban J connectivity index is 1.87. The Hall–Kier alpha value is -1.33. The number of benzene rings is 1. The summed E-state index contributed by atoms with van der Waals surface area (Å²) in [7, 11) is 1.70. The van der Waals surface area contributed by atoms with Crippen LogP contribution in [-0.4, -0.2) is 49.7 Å². The van der Waals surface area contributed by atoms with Crippen molar-refractivity contribution in [1.82, 2.24) is 4.90 Å². The molecule has 19 heavy (non-hydrogen) atoms. The fourth-order valence-corrected chi connectivity index (χ4v) is 2.40. The van der Waals surface area contributed by atoms with E-state index in [9.17, 15) is 0 Å². The maximum absolute atomic E-state index is 5.54. The number of ether oxygens (including phenoxy) is 1. The normalized spacial score (nSPS) is 16.4. The van der Waals surface area contributed by atoms with E-state index in [0.29, 0.717) is 4.99 Å². The Labute approximate surface area is 120 Å². The summed E-state index contributed by atoms with van der Waals surface area (Å²) in [5.74, 6) is 0.911. The van der Waals surface area contributed by atoms with Gasteiger partial charge in [-0.3, -0.25) is 4.90 Å². The number of nitrogens with zero attached hydrogens (tertiary/aromatic N) is 2. The minimum absolute atomic E-state index is 0.607. The zero-order chi connectivity index (χ0) is 13.7. The molecule has 104 valence electrons. The summed E-state index contributed by atoms with van der Waals surface area (Å²) in [5, 5.41) is 0. The molecule has 1 heterocycles. The molecule has 0 bridgehead atoms. The molecule has 1 aromatic carbocycles. The Morgan fingerprint density at radius 1 is 1.32 bits per heavy atom. The summed E-state index contributed by atoms with van der Waals surface area (Å²) >= 11 is 4.92. The predicted molar refractivity (Wildman–Crippen MR) is 83.0 cm³/mol. The molecular formula is C14H21N3OS.